The number of carboxylic acid groups (broad SMARTS) is 1. The van der Waals surface area contributed by atoms with Crippen molar-refractivity contribution in [3.63, 3.8) is 0 Å². The Kier molecular flexibility index (Phi) is 5.12. The van der Waals surface area contributed by atoms with Crippen LogP contribution < -0.4 is 10.6 Å². The summed E-state index contributed by atoms with van der Waals surface area (Å²) in [6.45, 7) is 2.65. The Labute approximate surface area is 117 Å². The number of hydrogen-bond acceptors (Lipinski definition) is 2. The molecule has 1 aromatic carbocycles. The van der Waals surface area contributed by atoms with E-state index in [0.717, 1.165) is 0 Å². The summed E-state index contributed by atoms with van der Waals surface area (Å²) >= 11 is 0. The molecule has 3 N–H and O–H groups in total. The van der Waals surface area contributed by atoms with E-state index in [-0.39, 0.29) is 6.07 Å². The summed E-state index contributed by atoms with van der Waals surface area (Å²) in [6.07, 6.45) is 0. The molecular weight excluding hydrogens is 296 g/mol. The predicted octanol–water partition coefficient (Wildman–Crippen LogP) is 2.47. The van der Waals surface area contributed by atoms with E-state index < -0.39 is 52.9 Å². The zero-order valence-electron chi connectivity index (χ0n) is 11.0. The largest absolute Gasteiger partial charge is 0.481 e. The van der Waals surface area contributed by atoms with Gasteiger partial charge in [-0.3, -0.25) is 4.79 Å². The maximum Gasteiger partial charge on any atom is 0.319 e. The van der Waals surface area contributed by atoms with Crippen molar-refractivity contribution in [2.24, 2.45) is 5.92 Å². The molecule has 5 nitrogen and oxygen atoms in total. The molecule has 2 unspecified atom stereocenters. The SMILES string of the molecule is CC(NC(=O)Nc1c(F)c(F)cc(F)c1F)C(C)C(=O)O. The highest BCUT2D eigenvalue weighted by atomic mass is 19.2. The topological polar surface area (TPSA) is 78.4 Å². The van der Waals surface area contributed by atoms with Gasteiger partial charge in [0.25, 0.3) is 0 Å². The Balaban J connectivity index is 2.88. The lowest BCUT2D eigenvalue weighted by atomic mass is 10.0. The molecule has 0 radical (unpaired) electrons. The van der Waals surface area contributed by atoms with Gasteiger partial charge in [-0.1, -0.05) is 0 Å². The van der Waals surface area contributed by atoms with Gasteiger partial charge < -0.3 is 15.7 Å². The quantitative estimate of drug-likeness (QED) is 0.590. The number of rotatable bonds is 4. The highest BCUT2D eigenvalue weighted by molar-refractivity contribution is 5.90. The fourth-order valence-corrected chi connectivity index (χ4v) is 1.38. The van der Waals surface area contributed by atoms with Crippen molar-refractivity contribution in [3.8, 4) is 0 Å². The van der Waals surface area contributed by atoms with Crippen molar-refractivity contribution in [3.05, 3.63) is 29.3 Å². The number of carbonyl (C=O) groups excluding carboxylic acids is 1. The number of amides is 2. The molecule has 0 heterocycles. The molecule has 116 valence electrons. The first kappa shape index (κ1) is 16.7. The highest BCUT2D eigenvalue weighted by Crippen LogP contribution is 2.24. The number of hydrogen-bond donors (Lipinski definition) is 3. The average Bonchev–Trinajstić information content (AvgIpc) is 2.40. The van der Waals surface area contributed by atoms with Gasteiger partial charge in [-0.05, 0) is 13.8 Å². The van der Waals surface area contributed by atoms with Crippen molar-refractivity contribution in [1.82, 2.24) is 5.32 Å². The minimum atomic E-state index is -1.76. The van der Waals surface area contributed by atoms with Crippen LogP contribution in [0.25, 0.3) is 0 Å². The normalized spacial score (nSPS) is 13.4. The third kappa shape index (κ3) is 3.83. The van der Waals surface area contributed by atoms with Gasteiger partial charge in [-0.2, -0.15) is 0 Å². The zero-order chi connectivity index (χ0) is 16.3. The second-order valence-electron chi connectivity index (χ2n) is 4.36. The molecule has 21 heavy (non-hydrogen) atoms. The molecule has 0 spiro atoms. The Morgan fingerprint density at radius 1 is 1.10 bits per heavy atom. The average molecular weight is 308 g/mol. The molecular formula is C12H12F4N2O3. The number of anilines is 1. The molecule has 2 atom stereocenters. The van der Waals surface area contributed by atoms with E-state index in [9.17, 15) is 27.2 Å². The summed E-state index contributed by atoms with van der Waals surface area (Å²) < 4.78 is 52.5. The van der Waals surface area contributed by atoms with Crippen LogP contribution in [0.5, 0.6) is 0 Å². The van der Waals surface area contributed by atoms with Crippen molar-refractivity contribution >= 4 is 17.7 Å². The molecule has 9 heteroatoms. The lowest BCUT2D eigenvalue weighted by molar-refractivity contribution is -0.141. The van der Waals surface area contributed by atoms with Gasteiger partial charge in [0.1, 0.15) is 5.69 Å². The van der Waals surface area contributed by atoms with E-state index in [2.05, 4.69) is 5.32 Å². The Hall–Kier alpha value is -2.32. The monoisotopic (exact) mass is 308 g/mol. The van der Waals surface area contributed by atoms with E-state index in [1.807, 2.05) is 0 Å². The molecule has 0 saturated carbocycles. The van der Waals surface area contributed by atoms with Crippen LogP contribution in [-0.2, 0) is 4.79 Å². The molecule has 1 aromatic rings. The number of urea groups is 1. The number of nitrogens with one attached hydrogen (secondary N) is 2. The van der Waals surface area contributed by atoms with Crippen molar-refractivity contribution in [2.45, 2.75) is 19.9 Å². The second kappa shape index (κ2) is 6.42. The van der Waals surface area contributed by atoms with E-state index in [4.69, 9.17) is 5.11 Å². The lowest BCUT2D eigenvalue weighted by Gasteiger charge is -2.18. The van der Waals surface area contributed by atoms with E-state index in [1.165, 1.54) is 13.8 Å². The maximum absolute atomic E-state index is 13.3. The lowest BCUT2D eigenvalue weighted by Crippen LogP contribution is -2.42. The number of benzene rings is 1. The number of halogens is 4. The number of aliphatic carboxylic acids is 1. The smallest absolute Gasteiger partial charge is 0.319 e. The standard InChI is InChI=1S/C12H12F4N2O3/c1-4(11(19)20)5(2)17-12(21)18-10-8(15)6(13)3-7(14)9(10)16/h3-5H,1-2H3,(H,19,20)(H2,17,18,21). The molecule has 0 aliphatic carbocycles. The van der Waals surface area contributed by atoms with Gasteiger partial charge in [0.05, 0.1) is 5.92 Å². The molecule has 2 amide bonds. The zero-order valence-corrected chi connectivity index (χ0v) is 11.0. The molecule has 0 saturated heterocycles. The van der Waals surface area contributed by atoms with Crippen LogP contribution in [0.15, 0.2) is 6.07 Å². The first-order chi connectivity index (χ1) is 9.65. The fourth-order valence-electron chi connectivity index (χ4n) is 1.38. The minimum absolute atomic E-state index is 0.00286. The van der Waals surface area contributed by atoms with Crippen molar-refractivity contribution < 1.29 is 32.3 Å². The summed E-state index contributed by atoms with van der Waals surface area (Å²) in [4.78, 5) is 22.2. The van der Waals surface area contributed by atoms with E-state index >= 15 is 0 Å². The molecule has 0 fully saturated rings. The van der Waals surface area contributed by atoms with Gasteiger partial charge in [0.15, 0.2) is 23.3 Å². The van der Waals surface area contributed by atoms with Crippen LogP contribution in [-0.4, -0.2) is 23.1 Å². The summed E-state index contributed by atoms with van der Waals surface area (Å²) in [5, 5.41) is 12.4. The van der Waals surface area contributed by atoms with E-state index in [0.29, 0.717) is 0 Å². The van der Waals surface area contributed by atoms with Crippen LogP contribution in [0.3, 0.4) is 0 Å². The highest BCUT2D eigenvalue weighted by Gasteiger charge is 2.24. The van der Waals surface area contributed by atoms with E-state index in [1.54, 1.807) is 5.32 Å². The number of carboxylic acids is 1. The Morgan fingerprint density at radius 3 is 2.00 bits per heavy atom. The summed E-state index contributed by atoms with van der Waals surface area (Å²) in [7, 11) is 0. The van der Waals surface area contributed by atoms with Crippen LogP contribution in [0, 0.1) is 29.2 Å². The fraction of sp³-hybridized carbons (Fsp3) is 0.333. The van der Waals surface area contributed by atoms with Gasteiger partial charge in [-0.15, -0.1) is 0 Å². The second-order valence-corrected chi connectivity index (χ2v) is 4.36. The Morgan fingerprint density at radius 2 is 1.57 bits per heavy atom. The molecule has 0 aromatic heterocycles. The first-order valence-electron chi connectivity index (χ1n) is 5.78. The molecule has 0 aliphatic heterocycles. The first-order valence-corrected chi connectivity index (χ1v) is 5.78. The van der Waals surface area contributed by atoms with Crippen LogP contribution in [0.1, 0.15) is 13.8 Å². The summed E-state index contributed by atoms with van der Waals surface area (Å²) in [6, 6.07) is -2.08. The van der Waals surface area contributed by atoms with Crippen LogP contribution in [0.4, 0.5) is 28.0 Å². The Bertz CT molecular complexity index is 554. The number of carbonyl (C=O) groups is 2. The maximum atomic E-state index is 13.3. The van der Waals surface area contributed by atoms with Gasteiger partial charge in [0, 0.05) is 12.1 Å². The van der Waals surface area contributed by atoms with Crippen molar-refractivity contribution in [2.75, 3.05) is 5.32 Å². The summed E-state index contributed by atoms with van der Waals surface area (Å²) in [5.74, 6) is -9.04. The van der Waals surface area contributed by atoms with Crippen LogP contribution in [0.2, 0.25) is 0 Å². The molecule has 0 bridgehead atoms. The van der Waals surface area contributed by atoms with Crippen molar-refractivity contribution in [1.29, 1.82) is 0 Å². The third-order valence-corrected chi connectivity index (χ3v) is 2.85. The molecule has 1 rings (SSSR count). The predicted molar refractivity (Wildman–Crippen MR) is 64.7 cm³/mol. The minimum Gasteiger partial charge on any atom is -0.481 e. The van der Waals surface area contributed by atoms with Gasteiger partial charge >= 0.3 is 12.0 Å². The third-order valence-electron chi connectivity index (χ3n) is 2.85. The van der Waals surface area contributed by atoms with Gasteiger partial charge in [0.2, 0.25) is 0 Å². The molecule has 0 aliphatic rings. The van der Waals surface area contributed by atoms with Gasteiger partial charge in [-0.25, -0.2) is 22.4 Å². The van der Waals surface area contributed by atoms with Crippen LogP contribution >= 0.6 is 0 Å². The summed E-state index contributed by atoms with van der Waals surface area (Å²) in [5.41, 5.74) is -1.29.